The van der Waals surface area contributed by atoms with Crippen LogP contribution >= 0.6 is 23.2 Å². The molecule has 1 amide bonds. The Morgan fingerprint density at radius 3 is 2.53 bits per heavy atom. The van der Waals surface area contributed by atoms with Gasteiger partial charge >= 0.3 is 0 Å². The van der Waals surface area contributed by atoms with E-state index in [2.05, 4.69) is 26.9 Å². The number of likely N-dealkylation sites (tertiary alicyclic amines) is 1. The van der Waals surface area contributed by atoms with Gasteiger partial charge in [0.15, 0.2) is 5.95 Å². The zero-order valence-electron chi connectivity index (χ0n) is 16.4. The first kappa shape index (κ1) is 22.7. The molecule has 1 aromatic heterocycles. The van der Waals surface area contributed by atoms with Crippen molar-refractivity contribution >= 4 is 50.8 Å². The van der Waals surface area contributed by atoms with Crippen molar-refractivity contribution < 1.29 is 13.2 Å². The number of nitrogens with two attached hydrogens (primary N) is 1. The molecule has 9 nitrogen and oxygen atoms in total. The lowest BCUT2D eigenvalue weighted by molar-refractivity contribution is -0.134. The minimum absolute atomic E-state index is 0.00800. The molecule has 2 heterocycles. The third-order valence-electron chi connectivity index (χ3n) is 5.03. The normalized spacial score (nSPS) is 16.4. The maximum absolute atomic E-state index is 13.1. The van der Waals surface area contributed by atoms with Crippen molar-refractivity contribution in [3.63, 3.8) is 0 Å². The van der Waals surface area contributed by atoms with Gasteiger partial charge in [-0.2, -0.15) is 4.72 Å². The topological polar surface area (TPSA) is 133 Å². The van der Waals surface area contributed by atoms with Crippen LogP contribution in [0.2, 0.25) is 10.0 Å². The van der Waals surface area contributed by atoms with E-state index >= 15 is 0 Å². The van der Waals surface area contributed by atoms with Crippen LogP contribution in [0, 0.1) is 5.92 Å². The lowest BCUT2D eigenvalue weighted by atomic mass is 9.99. The zero-order valence-corrected chi connectivity index (χ0v) is 18.7. The lowest BCUT2D eigenvalue weighted by Crippen LogP contribution is -2.53. The first-order valence-electron chi connectivity index (χ1n) is 9.46. The molecule has 30 heavy (non-hydrogen) atoms. The second-order valence-electron chi connectivity index (χ2n) is 7.30. The van der Waals surface area contributed by atoms with E-state index in [0.29, 0.717) is 25.0 Å². The van der Waals surface area contributed by atoms with Crippen LogP contribution in [-0.4, -0.2) is 54.9 Å². The summed E-state index contributed by atoms with van der Waals surface area (Å²) in [6.45, 7) is 3.31. The van der Waals surface area contributed by atoms with Crippen molar-refractivity contribution in [2.45, 2.75) is 30.7 Å². The molecule has 1 aromatic carbocycles. The van der Waals surface area contributed by atoms with Gasteiger partial charge in [0, 0.05) is 32.0 Å². The molecule has 1 saturated heterocycles. The van der Waals surface area contributed by atoms with E-state index < -0.39 is 16.1 Å². The zero-order chi connectivity index (χ0) is 21.9. The van der Waals surface area contributed by atoms with E-state index in [1.807, 2.05) is 0 Å². The number of nitrogen functional groups attached to an aromatic ring is 1. The van der Waals surface area contributed by atoms with Crippen LogP contribution in [0.5, 0.6) is 0 Å². The van der Waals surface area contributed by atoms with Crippen molar-refractivity contribution in [1.29, 1.82) is 0 Å². The van der Waals surface area contributed by atoms with Crippen LogP contribution in [0.4, 0.5) is 11.6 Å². The van der Waals surface area contributed by atoms with Crippen LogP contribution in [0.25, 0.3) is 0 Å². The Morgan fingerprint density at radius 1 is 1.33 bits per heavy atom. The van der Waals surface area contributed by atoms with Crippen molar-refractivity contribution in [3.05, 3.63) is 34.6 Å². The number of piperidine rings is 1. The Labute approximate surface area is 185 Å². The van der Waals surface area contributed by atoms with Gasteiger partial charge in [0.25, 0.3) is 0 Å². The fraction of sp³-hybridized carbons (Fsp3) is 0.444. The third-order valence-corrected chi connectivity index (χ3v) is 7.10. The van der Waals surface area contributed by atoms with Crippen LogP contribution in [0.1, 0.15) is 19.8 Å². The Balaban J connectivity index is 1.82. The minimum Gasteiger partial charge on any atom is -0.396 e. The van der Waals surface area contributed by atoms with E-state index in [1.165, 1.54) is 12.1 Å². The maximum Gasteiger partial charge on any atom is 0.242 e. The average Bonchev–Trinajstić information content (AvgIpc) is 3.22. The molecule has 1 aliphatic rings. The number of sulfonamides is 1. The number of aromatic nitrogens is 2. The highest BCUT2D eigenvalue weighted by Crippen LogP contribution is 2.30. The number of amides is 1. The molecule has 12 heteroatoms. The molecule has 1 atom stereocenters. The monoisotopic (exact) mass is 474 g/mol. The number of anilines is 2. The molecule has 0 radical (unpaired) electrons. The second kappa shape index (κ2) is 9.42. The van der Waals surface area contributed by atoms with Gasteiger partial charge in [-0.1, -0.05) is 30.1 Å². The fourth-order valence-corrected chi connectivity index (χ4v) is 5.02. The van der Waals surface area contributed by atoms with Crippen LogP contribution in [-0.2, 0) is 14.8 Å². The van der Waals surface area contributed by atoms with Gasteiger partial charge < -0.3 is 20.9 Å². The molecular formula is C18H24Cl2N6O3S. The summed E-state index contributed by atoms with van der Waals surface area (Å²) in [6.07, 6.45) is 4.92. The van der Waals surface area contributed by atoms with Crippen molar-refractivity contribution in [2.24, 2.45) is 5.92 Å². The maximum atomic E-state index is 13.1. The number of imidazole rings is 1. The quantitative estimate of drug-likeness (QED) is 0.455. The van der Waals surface area contributed by atoms with Crippen molar-refractivity contribution in [1.82, 2.24) is 19.6 Å². The predicted octanol–water partition coefficient (Wildman–Crippen LogP) is 2.32. The van der Waals surface area contributed by atoms with Gasteiger partial charge in [0.1, 0.15) is 6.04 Å². The van der Waals surface area contributed by atoms with Gasteiger partial charge in [0.2, 0.25) is 15.9 Å². The SMILES string of the molecule is CC1CCN(C(=O)[C@H](CNc2ncc[nH]2)NS(=O)(=O)c2cc(Cl)c(N)c(Cl)c2)CC1. The molecular weight excluding hydrogens is 451 g/mol. The number of hydrogen-bond donors (Lipinski definition) is 4. The van der Waals surface area contributed by atoms with E-state index in [9.17, 15) is 13.2 Å². The highest BCUT2D eigenvalue weighted by molar-refractivity contribution is 7.89. The molecule has 0 saturated carbocycles. The molecule has 0 spiro atoms. The number of nitrogens with one attached hydrogen (secondary N) is 3. The van der Waals surface area contributed by atoms with E-state index in [0.717, 1.165) is 12.8 Å². The molecule has 0 aliphatic carbocycles. The van der Waals surface area contributed by atoms with Gasteiger partial charge in [-0.15, -0.1) is 0 Å². The molecule has 5 N–H and O–H groups in total. The summed E-state index contributed by atoms with van der Waals surface area (Å²) >= 11 is 12.0. The first-order chi connectivity index (χ1) is 14.2. The minimum atomic E-state index is -4.10. The third kappa shape index (κ3) is 5.37. The molecule has 1 aliphatic heterocycles. The summed E-state index contributed by atoms with van der Waals surface area (Å²) in [7, 11) is -4.10. The number of nitrogens with zero attached hydrogens (tertiary/aromatic N) is 2. The predicted molar refractivity (Wildman–Crippen MR) is 117 cm³/mol. The second-order valence-corrected chi connectivity index (χ2v) is 9.83. The summed E-state index contributed by atoms with van der Waals surface area (Å²) in [6, 6.07) is 1.35. The summed E-state index contributed by atoms with van der Waals surface area (Å²) in [5.74, 6) is 0.652. The van der Waals surface area contributed by atoms with Crippen LogP contribution < -0.4 is 15.8 Å². The standard InChI is InChI=1S/C18H24Cl2N6O3S/c1-11-2-6-26(7-3-11)17(27)15(10-24-18-22-4-5-23-18)25-30(28,29)12-8-13(19)16(21)14(20)9-12/h4-5,8-9,11,15,25H,2-3,6-7,10,21H2,1H3,(H2,22,23,24)/t15-/m0/s1. The van der Waals surface area contributed by atoms with E-state index in [4.69, 9.17) is 28.9 Å². The van der Waals surface area contributed by atoms with Crippen LogP contribution in [0.15, 0.2) is 29.4 Å². The lowest BCUT2D eigenvalue weighted by Gasteiger charge is -2.33. The number of H-pyrrole nitrogens is 1. The molecule has 3 rings (SSSR count). The number of rotatable bonds is 7. The van der Waals surface area contributed by atoms with E-state index in [-0.39, 0.29) is 33.1 Å². The molecule has 0 bridgehead atoms. The summed E-state index contributed by atoms with van der Waals surface area (Å²) in [4.78, 5) is 21.5. The highest BCUT2D eigenvalue weighted by Gasteiger charge is 2.31. The Hall–Kier alpha value is -2.01. The smallest absolute Gasteiger partial charge is 0.242 e. The average molecular weight is 475 g/mol. The molecule has 2 aromatic rings. The largest absolute Gasteiger partial charge is 0.396 e. The molecule has 1 fully saturated rings. The number of hydrogen-bond acceptors (Lipinski definition) is 6. The molecule has 164 valence electrons. The summed E-state index contributed by atoms with van der Waals surface area (Å²) in [5.41, 5.74) is 5.78. The number of carbonyl (C=O) groups is 1. The number of benzene rings is 1. The number of aromatic amines is 1. The summed E-state index contributed by atoms with van der Waals surface area (Å²) in [5, 5.41) is 2.98. The molecule has 0 unspecified atom stereocenters. The number of halogens is 2. The summed E-state index contributed by atoms with van der Waals surface area (Å²) < 4.78 is 28.4. The Morgan fingerprint density at radius 2 is 1.97 bits per heavy atom. The fourth-order valence-electron chi connectivity index (χ4n) is 3.16. The van der Waals surface area contributed by atoms with Gasteiger partial charge in [-0.25, -0.2) is 13.4 Å². The Bertz CT molecular complexity index is 968. The van der Waals surface area contributed by atoms with Crippen molar-refractivity contribution in [2.75, 3.05) is 30.7 Å². The Kier molecular flexibility index (Phi) is 7.12. The van der Waals surface area contributed by atoms with Crippen LogP contribution in [0.3, 0.4) is 0 Å². The van der Waals surface area contributed by atoms with Gasteiger partial charge in [0.05, 0.1) is 20.6 Å². The van der Waals surface area contributed by atoms with E-state index in [1.54, 1.807) is 17.3 Å². The highest BCUT2D eigenvalue weighted by atomic mass is 35.5. The van der Waals surface area contributed by atoms with Gasteiger partial charge in [-0.05, 0) is 30.9 Å². The van der Waals surface area contributed by atoms with Gasteiger partial charge in [-0.3, -0.25) is 4.79 Å². The number of carbonyl (C=O) groups excluding carboxylic acids is 1. The van der Waals surface area contributed by atoms with Crippen molar-refractivity contribution in [3.8, 4) is 0 Å². The first-order valence-corrected chi connectivity index (χ1v) is 11.7.